The van der Waals surface area contributed by atoms with Gasteiger partial charge in [0.25, 0.3) is 0 Å². The summed E-state index contributed by atoms with van der Waals surface area (Å²) in [5.41, 5.74) is 1.01. The Morgan fingerprint density at radius 2 is 2.32 bits per heavy atom. The van der Waals surface area contributed by atoms with E-state index in [0.29, 0.717) is 12.6 Å². The number of nitrogens with zero attached hydrogens (tertiary/aromatic N) is 3. The van der Waals surface area contributed by atoms with Gasteiger partial charge in [-0.3, -0.25) is 0 Å². The molecule has 2 aliphatic rings. The lowest BCUT2D eigenvalue weighted by Crippen LogP contribution is -2.58. The molecule has 1 unspecified atom stereocenters. The van der Waals surface area contributed by atoms with Crippen LogP contribution in [-0.2, 0) is 6.54 Å². The predicted octanol–water partition coefficient (Wildman–Crippen LogP) is 1.86. The van der Waals surface area contributed by atoms with Crippen LogP contribution in [0.3, 0.4) is 0 Å². The number of carbonyl (C=O) groups is 1. The van der Waals surface area contributed by atoms with Crippen LogP contribution in [-0.4, -0.2) is 26.8 Å². The number of urea groups is 1. The van der Waals surface area contributed by atoms with Gasteiger partial charge in [0.05, 0.1) is 0 Å². The third-order valence-corrected chi connectivity index (χ3v) is 4.87. The highest BCUT2D eigenvalue weighted by molar-refractivity contribution is 5.74. The second-order valence-electron chi connectivity index (χ2n) is 6.14. The second kappa shape index (κ2) is 5.44. The topological polar surface area (TPSA) is 71.8 Å². The normalized spacial score (nSPS) is 25.5. The minimum atomic E-state index is -0.0761. The van der Waals surface area contributed by atoms with E-state index >= 15 is 0 Å². The molecular formula is C16H19N5O. The number of hydrogen-bond donors (Lipinski definition) is 2. The fraction of sp³-hybridized carbons (Fsp3) is 0.438. The molecular weight excluding hydrogens is 278 g/mol. The molecule has 6 heteroatoms. The van der Waals surface area contributed by atoms with Crippen molar-refractivity contribution in [1.82, 2.24) is 25.4 Å². The largest absolute Gasteiger partial charge is 0.335 e. The molecule has 0 aromatic carbocycles. The molecule has 0 bridgehead atoms. The number of amides is 2. The van der Waals surface area contributed by atoms with E-state index in [-0.39, 0.29) is 6.03 Å². The number of carbonyl (C=O) groups excluding carboxylic acids is 1. The van der Waals surface area contributed by atoms with Crippen molar-refractivity contribution in [1.29, 1.82) is 0 Å². The monoisotopic (exact) mass is 297 g/mol. The number of hydrogen-bond acceptors (Lipinski definition) is 3. The Bertz CT molecular complexity index is 669. The van der Waals surface area contributed by atoms with Crippen molar-refractivity contribution in [2.75, 3.05) is 0 Å². The molecule has 2 N–H and O–H groups in total. The third-order valence-electron chi connectivity index (χ3n) is 4.87. The standard InChI is InChI=1S/C16H19N5O/c22-16(20-14-9-12-2-3-13(12)14)18-10-11-4-6-17-15(8-11)21-7-1-5-19-21/h1,4-8,12-14H,2-3,9-10H2,(H2,18,20,22)/t12?,13-,14-/m0/s1. The van der Waals surface area contributed by atoms with Crippen molar-refractivity contribution < 1.29 is 4.79 Å². The third kappa shape index (κ3) is 2.45. The molecule has 2 aromatic rings. The fourth-order valence-electron chi connectivity index (χ4n) is 3.39. The van der Waals surface area contributed by atoms with E-state index in [1.54, 1.807) is 17.1 Å². The lowest BCUT2D eigenvalue weighted by atomic mass is 9.56. The summed E-state index contributed by atoms with van der Waals surface area (Å²) in [7, 11) is 0. The van der Waals surface area contributed by atoms with Crippen LogP contribution in [0.2, 0.25) is 0 Å². The van der Waals surface area contributed by atoms with E-state index in [2.05, 4.69) is 20.7 Å². The molecule has 2 aliphatic carbocycles. The van der Waals surface area contributed by atoms with Gasteiger partial charge in [0, 0.05) is 31.2 Å². The van der Waals surface area contributed by atoms with Crippen LogP contribution < -0.4 is 10.6 Å². The van der Waals surface area contributed by atoms with E-state index < -0.39 is 0 Å². The first-order valence-electron chi connectivity index (χ1n) is 7.79. The van der Waals surface area contributed by atoms with Crippen molar-refractivity contribution in [3.05, 3.63) is 42.4 Å². The summed E-state index contributed by atoms with van der Waals surface area (Å²) in [5.74, 6) is 2.36. The van der Waals surface area contributed by atoms with Crippen LogP contribution in [0.15, 0.2) is 36.8 Å². The number of aromatic nitrogens is 3. The Hall–Kier alpha value is -2.37. The molecule has 0 radical (unpaired) electrons. The number of nitrogens with one attached hydrogen (secondary N) is 2. The Morgan fingerprint density at radius 1 is 1.36 bits per heavy atom. The van der Waals surface area contributed by atoms with Crippen LogP contribution in [0.1, 0.15) is 24.8 Å². The minimum Gasteiger partial charge on any atom is -0.335 e. The lowest BCUT2D eigenvalue weighted by molar-refractivity contribution is 0.0113. The van der Waals surface area contributed by atoms with E-state index in [0.717, 1.165) is 29.6 Å². The molecule has 6 nitrogen and oxygen atoms in total. The van der Waals surface area contributed by atoms with Crippen LogP contribution in [0.4, 0.5) is 4.79 Å². The van der Waals surface area contributed by atoms with Gasteiger partial charge in [-0.15, -0.1) is 0 Å². The van der Waals surface area contributed by atoms with Gasteiger partial charge < -0.3 is 10.6 Å². The summed E-state index contributed by atoms with van der Waals surface area (Å²) in [4.78, 5) is 16.2. The van der Waals surface area contributed by atoms with Crippen LogP contribution in [0, 0.1) is 11.8 Å². The van der Waals surface area contributed by atoms with Gasteiger partial charge in [-0.2, -0.15) is 5.10 Å². The van der Waals surface area contributed by atoms with Gasteiger partial charge in [-0.05, 0) is 54.9 Å². The smallest absolute Gasteiger partial charge is 0.315 e. The van der Waals surface area contributed by atoms with Crippen LogP contribution in [0.25, 0.3) is 5.82 Å². The van der Waals surface area contributed by atoms with E-state index in [1.807, 2.05) is 24.4 Å². The van der Waals surface area contributed by atoms with E-state index in [1.165, 1.54) is 12.8 Å². The van der Waals surface area contributed by atoms with Crippen molar-refractivity contribution in [3.8, 4) is 5.82 Å². The van der Waals surface area contributed by atoms with Crippen molar-refractivity contribution >= 4 is 6.03 Å². The first-order valence-corrected chi connectivity index (χ1v) is 7.79. The summed E-state index contributed by atoms with van der Waals surface area (Å²) >= 11 is 0. The number of fused-ring (bicyclic) bond motifs is 1. The average molecular weight is 297 g/mol. The van der Waals surface area contributed by atoms with Gasteiger partial charge in [0.15, 0.2) is 5.82 Å². The maximum absolute atomic E-state index is 12.0. The maximum Gasteiger partial charge on any atom is 0.315 e. The summed E-state index contributed by atoms with van der Waals surface area (Å²) in [6.07, 6.45) is 9.06. The molecule has 2 fully saturated rings. The molecule has 0 saturated heterocycles. The van der Waals surface area contributed by atoms with Crippen LogP contribution in [0.5, 0.6) is 0 Å². The molecule has 0 aliphatic heterocycles. The molecule has 22 heavy (non-hydrogen) atoms. The first kappa shape index (κ1) is 13.3. The highest BCUT2D eigenvalue weighted by Gasteiger charge is 2.47. The van der Waals surface area contributed by atoms with Gasteiger partial charge in [-0.25, -0.2) is 14.5 Å². The average Bonchev–Trinajstić information content (AvgIpc) is 3.04. The molecule has 114 valence electrons. The quantitative estimate of drug-likeness (QED) is 0.905. The molecule has 2 aromatic heterocycles. The molecule has 0 spiro atoms. The first-order chi connectivity index (χ1) is 10.8. The van der Waals surface area contributed by atoms with E-state index in [9.17, 15) is 4.79 Å². The van der Waals surface area contributed by atoms with Crippen molar-refractivity contribution in [2.45, 2.75) is 31.8 Å². The lowest BCUT2D eigenvalue weighted by Gasteiger charge is -2.53. The molecule has 2 heterocycles. The van der Waals surface area contributed by atoms with E-state index in [4.69, 9.17) is 0 Å². The Kier molecular flexibility index (Phi) is 3.29. The number of pyridine rings is 1. The zero-order valence-electron chi connectivity index (χ0n) is 12.3. The Morgan fingerprint density at radius 3 is 3.00 bits per heavy atom. The predicted molar refractivity (Wildman–Crippen MR) is 81.3 cm³/mol. The summed E-state index contributed by atoms with van der Waals surface area (Å²) in [6.45, 7) is 0.490. The highest BCUT2D eigenvalue weighted by Crippen LogP contribution is 2.49. The Labute approximate surface area is 128 Å². The summed E-state index contributed by atoms with van der Waals surface area (Å²) in [6, 6.07) is 5.99. The van der Waals surface area contributed by atoms with Crippen molar-refractivity contribution in [2.24, 2.45) is 11.8 Å². The molecule has 3 atom stereocenters. The number of rotatable bonds is 4. The molecule has 2 amide bonds. The summed E-state index contributed by atoms with van der Waals surface area (Å²) in [5, 5.41) is 10.2. The maximum atomic E-state index is 12.0. The highest BCUT2D eigenvalue weighted by atomic mass is 16.2. The van der Waals surface area contributed by atoms with Crippen molar-refractivity contribution in [3.63, 3.8) is 0 Å². The molecule has 4 rings (SSSR count). The summed E-state index contributed by atoms with van der Waals surface area (Å²) < 4.78 is 1.70. The minimum absolute atomic E-state index is 0.0761. The van der Waals surface area contributed by atoms with Gasteiger partial charge in [0.2, 0.25) is 0 Å². The van der Waals surface area contributed by atoms with Gasteiger partial charge >= 0.3 is 6.03 Å². The SMILES string of the molecule is O=C(NCc1ccnc(-n2cccn2)c1)N[C@H]1CC2CC[C@@H]21. The van der Waals surface area contributed by atoms with Gasteiger partial charge in [-0.1, -0.05) is 0 Å². The zero-order chi connectivity index (χ0) is 14.9. The fourth-order valence-corrected chi connectivity index (χ4v) is 3.39. The second-order valence-corrected chi connectivity index (χ2v) is 6.14. The Balaban J connectivity index is 1.31. The molecule has 2 saturated carbocycles. The van der Waals surface area contributed by atoms with Gasteiger partial charge in [0.1, 0.15) is 0 Å². The van der Waals surface area contributed by atoms with Crippen LogP contribution >= 0.6 is 0 Å². The zero-order valence-corrected chi connectivity index (χ0v) is 12.3.